The van der Waals surface area contributed by atoms with Crippen molar-refractivity contribution < 1.29 is 19.1 Å². The second kappa shape index (κ2) is 10.8. The summed E-state index contributed by atoms with van der Waals surface area (Å²) in [4.78, 5) is 42.7. The summed E-state index contributed by atoms with van der Waals surface area (Å²) in [5.74, 6) is 0.0948. The smallest absolute Gasteiger partial charge is 0.321 e. The van der Waals surface area contributed by atoms with Crippen molar-refractivity contribution in [3.05, 3.63) is 65.4 Å². The highest BCUT2D eigenvalue weighted by Gasteiger charge is 2.32. The summed E-state index contributed by atoms with van der Waals surface area (Å²) in [5, 5.41) is 4.86. The largest absolute Gasteiger partial charge is 0.497 e. The van der Waals surface area contributed by atoms with E-state index in [1.54, 1.807) is 37.5 Å². The molecule has 0 radical (unpaired) electrons. The molecule has 0 aliphatic carbocycles. The van der Waals surface area contributed by atoms with Crippen molar-refractivity contribution >= 4 is 46.5 Å². The van der Waals surface area contributed by atoms with Gasteiger partial charge in [0.25, 0.3) is 5.91 Å². The Hall–Kier alpha value is -3.59. The van der Waals surface area contributed by atoms with E-state index in [1.807, 2.05) is 24.3 Å². The van der Waals surface area contributed by atoms with Gasteiger partial charge in [-0.2, -0.15) is 0 Å². The summed E-state index contributed by atoms with van der Waals surface area (Å²) in [7, 11) is 2.97. The lowest BCUT2D eigenvalue weighted by molar-refractivity contribution is -0.117. The van der Waals surface area contributed by atoms with Gasteiger partial charge in [-0.05, 0) is 35.3 Å². The van der Waals surface area contributed by atoms with Crippen LogP contribution in [0.4, 0.5) is 10.5 Å². The van der Waals surface area contributed by atoms with Crippen LogP contribution in [-0.4, -0.2) is 42.9 Å². The van der Waals surface area contributed by atoms with Gasteiger partial charge in [0.15, 0.2) is 5.17 Å². The number of hydrogen-bond acceptors (Lipinski definition) is 6. The fourth-order valence-electron chi connectivity index (χ4n) is 3.06. The molecule has 1 aliphatic heterocycles. The Morgan fingerprint density at radius 1 is 1.18 bits per heavy atom. The minimum Gasteiger partial charge on any atom is -0.497 e. The van der Waals surface area contributed by atoms with Gasteiger partial charge in [0, 0.05) is 13.1 Å². The number of methoxy groups -OCH3 is 1. The first kappa shape index (κ1) is 24.1. The number of rotatable bonds is 6. The van der Waals surface area contributed by atoms with E-state index in [9.17, 15) is 14.4 Å². The Labute approximate surface area is 197 Å². The second-order valence-corrected chi connectivity index (χ2v) is 8.45. The number of ether oxygens (including phenoxy) is 1. The summed E-state index contributed by atoms with van der Waals surface area (Å²) in [6.07, 6.45) is 1.72. The molecule has 0 fully saturated rings. The minimum atomic E-state index is -0.597. The Morgan fingerprint density at radius 3 is 2.55 bits per heavy atom. The van der Waals surface area contributed by atoms with Gasteiger partial charge in [0.2, 0.25) is 5.91 Å². The van der Waals surface area contributed by atoms with Gasteiger partial charge >= 0.3 is 6.03 Å². The van der Waals surface area contributed by atoms with Crippen LogP contribution < -0.4 is 20.3 Å². The molecule has 2 aromatic rings. The second-order valence-electron chi connectivity index (χ2n) is 7.50. The van der Waals surface area contributed by atoms with Crippen LogP contribution in [0.15, 0.2) is 59.2 Å². The third kappa shape index (κ3) is 6.01. The van der Waals surface area contributed by atoms with Crippen LogP contribution in [0.3, 0.4) is 0 Å². The van der Waals surface area contributed by atoms with E-state index >= 15 is 0 Å². The highest BCUT2D eigenvalue weighted by atomic mass is 32.2. The van der Waals surface area contributed by atoms with Crippen molar-refractivity contribution in [1.29, 1.82) is 0 Å². The number of imide groups is 1. The van der Waals surface area contributed by atoms with E-state index in [4.69, 9.17) is 4.74 Å². The van der Waals surface area contributed by atoms with Gasteiger partial charge in [-0.3, -0.25) is 19.8 Å². The molecular formula is C24H26N4O4S. The molecule has 0 saturated carbocycles. The lowest BCUT2D eigenvalue weighted by atomic mass is 10.0. The normalized spacial score (nSPS) is 14.5. The van der Waals surface area contributed by atoms with E-state index in [0.717, 1.165) is 17.3 Å². The van der Waals surface area contributed by atoms with Gasteiger partial charge < -0.3 is 10.1 Å². The van der Waals surface area contributed by atoms with Crippen molar-refractivity contribution in [3.63, 3.8) is 0 Å². The molecule has 0 saturated heterocycles. The molecule has 9 heteroatoms. The molecule has 1 heterocycles. The molecule has 33 heavy (non-hydrogen) atoms. The summed E-state index contributed by atoms with van der Waals surface area (Å²) in [6, 6.07) is 14.4. The Bertz CT molecular complexity index is 1110. The number of aliphatic imine (C=N–C) groups is 1. The van der Waals surface area contributed by atoms with E-state index < -0.39 is 11.9 Å². The molecule has 4 amide bonds. The average molecular weight is 467 g/mol. The Kier molecular flexibility index (Phi) is 7.89. The maximum atomic E-state index is 13.3. The molecular weight excluding hydrogens is 440 g/mol. The first-order chi connectivity index (χ1) is 15.8. The zero-order chi connectivity index (χ0) is 24.0. The first-order valence-corrected chi connectivity index (χ1v) is 11.3. The summed E-state index contributed by atoms with van der Waals surface area (Å²) >= 11 is 1.07. The Balaban J connectivity index is 1.90. The molecule has 0 aromatic heterocycles. The molecule has 172 valence electrons. The highest BCUT2D eigenvalue weighted by molar-refractivity contribution is 8.14. The zero-order valence-electron chi connectivity index (χ0n) is 18.9. The van der Waals surface area contributed by atoms with Gasteiger partial charge in [-0.15, -0.1) is 0 Å². The van der Waals surface area contributed by atoms with Crippen molar-refractivity contribution in [2.75, 3.05) is 24.8 Å². The van der Waals surface area contributed by atoms with Gasteiger partial charge in [-0.1, -0.05) is 55.9 Å². The number of carbonyl (C=O) groups is 3. The van der Waals surface area contributed by atoms with E-state index in [2.05, 4.69) is 29.5 Å². The van der Waals surface area contributed by atoms with Crippen LogP contribution in [0.1, 0.15) is 30.9 Å². The number of nitrogens with zero attached hydrogens (tertiary/aromatic N) is 2. The molecule has 0 spiro atoms. The van der Waals surface area contributed by atoms with Crippen molar-refractivity contribution in [2.24, 2.45) is 4.99 Å². The average Bonchev–Trinajstić information content (AvgIpc) is 3.12. The SMILES string of the molecule is CNC(=O)NC(=O)CSC1=N/C(=C\c2ccc(C(C)C)cc2)C(=O)N1c1cccc(OC)c1. The lowest BCUT2D eigenvalue weighted by Gasteiger charge is -2.18. The quantitative estimate of drug-likeness (QED) is 0.632. The third-order valence-corrected chi connectivity index (χ3v) is 5.80. The molecule has 3 rings (SSSR count). The third-order valence-electron chi connectivity index (χ3n) is 4.86. The molecule has 2 N–H and O–H groups in total. The number of urea groups is 1. The van der Waals surface area contributed by atoms with Crippen LogP contribution in [0.5, 0.6) is 5.75 Å². The number of carbonyl (C=O) groups excluding carboxylic acids is 3. The number of amides is 4. The lowest BCUT2D eigenvalue weighted by Crippen LogP contribution is -2.39. The van der Waals surface area contributed by atoms with Crippen LogP contribution >= 0.6 is 11.8 Å². The van der Waals surface area contributed by atoms with E-state index in [1.165, 1.54) is 17.5 Å². The molecule has 2 aromatic carbocycles. The number of amidine groups is 1. The van der Waals surface area contributed by atoms with Crippen LogP contribution in [0.25, 0.3) is 6.08 Å². The van der Waals surface area contributed by atoms with Crippen LogP contribution in [0.2, 0.25) is 0 Å². The molecule has 0 bridgehead atoms. The van der Waals surface area contributed by atoms with Gasteiger partial charge in [0.1, 0.15) is 11.4 Å². The molecule has 8 nitrogen and oxygen atoms in total. The van der Waals surface area contributed by atoms with Crippen LogP contribution in [0, 0.1) is 0 Å². The minimum absolute atomic E-state index is 0.0869. The molecule has 1 aliphatic rings. The van der Waals surface area contributed by atoms with Crippen molar-refractivity contribution in [3.8, 4) is 5.75 Å². The van der Waals surface area contributed by atoms with E-state index in [-0.39, 0.29) is 17.4 Å². The van der Waals surface area contributed by atoms with Crippen LogP contribution in [-0.2, 0) is 9.59 Å². The van der Waals surface area contributed by atoms with Gasteiger partial charge in [-0.25, -0.2) is 9.79 Å². The maximum absolute atomic E-state index is 13.3. The highest BCUT2D eigenvalue weighted by Crippen LogP contribution is 2.31. The summed E-state index contributed by atoms with van der Waals surface area (Å²) < 4.78 is 5.28. The summed E-state index contributed by atoms with van der Waals surface area (Å²) in [5.41, 5.74) is 2.87. The number of benzene rings is 2. The predicted molar refractivity (Wildman–Crippen MR) is 131 cm³/mol. The topological polar surface area (TPSA) is 100 Å². The predicted octanol–water partition coefficient (Wildman–Crippen LogP) is 3.75. The maximum Gasteiger partial charge on any atom is 0.321 e. The summed E-state index contributed by atoms with van der Waals surface area (Å²) in [6.45, 7) is 4.24. The Morgan fingerprint density at radius 2 is 1.91 bits per heavy atom. The fraction of sp³-hybridized carbons (Fsp3) is 0.250. The van der Waals surface area contributed by atoms with Gasteiger partial charge in [0.05, 0.1) is 18.6 Å². The fourth-order valence-corrected chi connectivity index (χ4v) is 3.87. The number of hydrogen-bond donors (Lipinski definition) is 2. The number of thioether (sulfide) groups is 1. The number of nitrogens with one attached hydrogen (secondary N) is 2. The monoisotopic (exact) mass is 466 g/mol. The van der Waals surface area contributed by atoms with Crippen molar-refractivity contribution in [2.45, 2.75) is 19.8 Å². The number of anilines is 1. The zero-order valence-corrected chi connectivity index (χ0v) is 19.7. The first-order valence-electron chi connectivity index (χ1n) is 10.4. The molecule has 0 atom stereocenters. The standard InChI is InChI=1S/C24H26N4O4S/c1-15(2)17-10-8-16(9-11-17)12-20-22(30)28(18-6-5-7-19(13-18)32-4)24(26-20)33-14-21(29)27-23(31)25-3/h5-13,15H,14H2,1-4H3,(H2,25,27,29,31)/b20-12-. The molecule has 0 unspecified atom stereocenters. The van der Waals surface area contributed by atoms with Crippen molar-refractivity contribution in [1.82, 2.24) is 10.6 Å². The van der Waals surface area contributed by atoms with E-state index in [0.29, 0.717) is 22.5 Å².